The predicted octanol–water partition coefficient (Wildman–Crippen LogP) is 4.68. The van der Waals surface area contributed by atoms with E-state index in [9.17, 15) is 4.79 Å². The Morgan fingerprint density at radius 2 is 1.91 bits per heavy atom. The molecule has 0 N–H and O–H groups in total. The minimum atomic E-state index is -0.481. The zero-order chi connectivity index (χ0) is 16.3. The maximum absolute atomic E-state index is 11.5. The summed E-state index contributed by atoms with van der Waals surface area (Å²) in [5, 5.41) is 1.26. The number of hydrogen-bond donors (Lipinski definition) is 0. The number of rotatable bonds is 4. The highest BCUT2D eigenvalue weighted by atomic mass is 79.9. The zero-order valence-corrected chi connectivity index (χ0v) is 15.2. The maximum Gasteiger partial charge on any atom is 0.238 e. The van der Waals surface area contributed by atoms with E-state index in [0.717, 1.165) is 20.5 Å². The molecule has 1 aromatic rings. The highest BCUT2D eigenvalue weighted by molar-refractivity contribution is 9.10. The van der Waals surface area contributed by atoms with Crippen molar-refractivity contribution in [2.75, 3.05) is 0 Å². The highest BCUT2D eigenvalue weighted by Crippen LogP contribution is 2.30. The summed E-state index contributed by atoms with van der Waals surface area (Å²) in [7, 11) is 0. The molecule has 0 fully saturated rings. The van der Waals surface area contributed by atoms with Gasteiger partial charge in [-0.25, -0.2) is 0 Å². The molecule has 0 aliphatic heterocycles. The smallest absolute Gasteiger partial charge is 0.238 e. The second-order valence-corrected chi connectivity index (χ2v) is 7.34. The molecule has 116 valence electrons. The Labute approximate surface area is 144 Å². The van der Waals surface area contributed by atoms with Gasteiger partial charge in [0, 0.05) is 21.3 Å². The Bertz CT molecular complexity index is 642. The number of hydroxylamine groups is 2. The fraction of sp³-hybridized carbons (Fsp3) is 0.294. The van der Waals surface area contributed by atoms with Crippen molar-refractivity contribution in [2.45, 2.75) is 32.8 Å². The average Bonchev–Trinajstić information content (AvgIpc) is 2.45. The van der Waals surface area contributed by atoms with Gasteiger partial charge >= 0.3 is 0 Å². The van der Waals surface area contributed by atoms with Gasteiger partial charge in [0.05, 0.1) is 11.3 Å². The molecule has 0 atom stereocenters. The van der Waals surface area contributed by atoms with Gasteiger partial charge in [-0.2, -0.15) is 5.06 Å². The summed E-state index contributed by atoms with van der Waals surface area (Å²) in [4.78, 5) is 18.0. The summed E-state index contributed by atoms with van der Waals surface area (Å²) in [6.07, 6.45) is 5.19. The van der Waals surface area contributed by atoms with Gasteiger partial charge in [-0.3, -0.25) is 9.63 Å². The summed E-state index contributed by atoms with van der Waals surface area (Å²) in [5.74, 6) is 0. The van der Waals surface area contributed by atoms with Crippen LogP contribution < -0.4 is 0 Å². The molecule has 1 aliphatic rings. The molecule has 1 aliphatic carbocycles. The fourth-order valence-corrected chi connectivity index (χ4v) is 2.72. The van der Waals surface area contributed by atoms with Crippen molar-refractivity contribution < 1.29 is 9.63 Å². The van der Waals surface area contributed by atoms with E-state index in [-0.39, 0.29) is 0 Å². The summed E-state index contributed by atoms with van der Waals surface area (Å²) in [6, 6.07) is 7.86. The van der Waals surface area contributed by atoms with Crippen LogP contribution >= 0.6 is 28.1 Å². The second kappa shape index (κ2) is 6.86. The number of allylic oxidation sites excluding steroid dienone is 3. The minimum Gasteiger partial charge on any atom is -0.276 e. The van der Waals surface area contributed by atoms with E-state index in [1.807, 2.05) is 57.2 Å². The number of carbonyl (C=O) groups is 1. The number of thiocarbonyl (C=S) groups is 1. The quantitative estimate of drug-likeness (QED) is 0.432. The normalized spacial score (nSPS) is 15.2. The van der Waals surface area contributed by atoms with Crippen LogP contribution in [0.5, 0.6) is 0 Å². The molecule has 22 heavy (non-hydrogen) atoms. The SMILES string of the molecule is CC(C)(C)ON(C=O)C1=C(c2ccc(Br)cc2)C(=S)CC=C1. The number of amides is 1. The molecule has 1 amide bonds. The molecule has 0 saturated carbocycles. The van der Waals surface area contributed by atoms with Gasteiger partial charge in [-0.05, 0) is 44.5 Å². The number of nitrogens with zero attached hydrogens (tertiary/aromatic N) is 1. The fourth-order valence-electron chi connectivity index (χ4n) is 2.14. The standard InChI is InChI=1S/C17H18BrNO2S/c1-17(2,3)21-19(11-20)14-5-4-6-15(22)16(14)12-7-9-13(18)10-8-12/h4-5,7-11H,6H2,1-3H3. The van der Waals surface area contributed by atoms with Gasteiger partial charge < -0.3 is 0 Å². The lowest BCUT2D eigenvalue weighted by atomic mass is 9.95. The molecule has 0 aromatic heterocycles. The van der Waals surface area contributed by atoms with Crippen molar-refractivity contribution in [2.24, 2.45) is 0 Å². The van der Waals surface area contributed by atoms with Crippen molar-refractivity contribution >= 4 is 45.0 Å². The van der Waals surface area contributed by atoms with Crippen LogP contribution in [0.15, 0.2) is 46.6 Å². The van der Waals surface area contributed by atoms with E-state index in [4.69, 9.17) is 17.1 Å². The zero-order valence-electron chi connectivity index (χ0n) is 12.8. The molecule has 2 rings (SSSR count). The minimum absolute atomic E-state index is 0.481. The molecule has 0 radical (unpaired) electrons. The van der Waals surface area contributed by atoms with Gasteiger partial charge in [0.15, 0.2) is 0 Å². The predicted molar refractivity (Wildman–Crippen MR) is 96.2 cm³/mol. The Balaban J connectivity index is 2.52. The van der Waals surface area contributed by atoms with Crippen molar-refractivity contribution in [3.05, 3.63) is 52.2 Å². The third kappa shape index (κ3) is 4.12. The van der Waals surface area contributed by atoms with Crippen LogP contribution in [0.2, 0.25) is 0 Å². The van der Waals surface area contributed by atoms with Crippen molar-refractivity contribution in [3.63, 3.8) is 0 Å². The van der Waals surface area contributed by atoms with Crippen molar-refractivity contribution in [3.8, 4) is 0 Å². The van der Waals surface area contributed by atoms with Crippen LogP contribution in [0.4, 0.5) is 0 Å². The van der Waals surface area contributed by atoms with Crippen LogP contribution in [-0.2, 0) is 9.63 Å². The molecule has 0 saturated heterocycles. The topological polar surface area (TPSA) is 29.5 Å². The first-order chi connectivity index (χ1) is 10.3. The van der Waals surface area contributed by atoms with E-state index in [1.165, 1.54) is 5.06 Å². The molecule has 5 heteroatoms. The van der Waals surface area contributed by atoms with Crippen LogP contribution in [-0.4, -0.2) is 21.9 Å². The molecule has 0 spiro atoms. The average molecular weight is 380 g/mol. The van der Waals surface area contributed by atoms with Crippen LogP contribution in [0.25, 0.3) is 5.57 Å². The summed E-state index contributed by atoms with van der Waals surface area (Å²) in [6.45, 7) is 5.69. The molecule has 1 aromatic carbocycles. The highest BCUT2D eigenvalue weighted by Gasteiger charge is 2.24. The van der Waals surface area contributed by atoms with Crippen LogP contribution in [0.3, 0.4) is 0 Å². The molecule has 3 nitrogen and oxygen atoms in total. The largest absolute Gasteiger partial charge is 0.276 e. The first-order valence-electron chi connectivity index (χ1n) is 6.95. The third-order valence-corrected chi connectivity index (χ3v) is 3.85. The number of hydrogen-bond acceptors (Lipinski definition) is 3. The maximum atomic E-state index is 11.5. The molecule has 0 bridgehead atoms. The number of halogens is 1. The summed E-state index contributed by atoms with van der Waals surface area (Å²) in [5.41, 5.74) is 2.02. The van der Waals surface area contributed by atoms with Gasteiger partial charge in [-0.15, -0.1) is 0 Å². The molecule has 0 heterocycles. The molecular formula is C17H18BrNO2S. The van der Waals surface area contributed by atoms with Crippen molar-refractivity contribution in [1.29, 1.82) is 0 Å². The van der Waals surface area contributed by atoms with Gasteiger partial charge in [-0.1, -0.05) is 46.4 Å². The van der Waals surface area contributed by atoms with Crippen molar-refractivity contribution in [1.82, 2.24) is 5.06 Å². The lowest BCUT2D eigenvalue weighted by Crippen LogP contribution is -2.33. The Hall–Kier alpha value is -1.30. The molecule has 0 unspecified atom stereocenters. The van der Waals surface area contributed by atoms with Crippen LogP contribution in [0, 0.1) is 0 Å². The van der Waals surface area contributed by atoms with E-state index in [1.54, 1.807) is 0 Å². The Morgan fingerprint density at radius 1 is 1.27 bits per heavy atom. The number of benzene rings is 1. The first-order valence-corrected chi connectivity index (χ1v) is 8.15. The molecular weight excluding hydrogens is 362 g/mol. The van der Waals surface area contributed by atoms with E-state index < -0.39 is 5.60 Å². The van der Waals surface area contributed by atoms with E-state index in [0.29, 0.717) is 18.5 Å². The van der Waals surface area contributed by atoms with Gasteiger partial charge in [0.2, 0.25) is 6.41 Å². The first kappa shape index (κ1) is 17.1. The summed E-state index contributed by atoms with van der Waals surface area (Å²) < 4.78 is 0.994. The van der Waals surface area contributed by atoms with E-state index >= 15 is 0 Å². The number of carbonyl (C=O) groups excluding carboxylic acids is 1. The Kier molecular flexibility index (Phi) is 5.32. The second-order valence-electron chi connectivity index (χ2n) is 5.93. The summed E-state index contributed by atoms with van der Waals surface area (Å²) >= 11 is 8.94. The van der Waals surface area contributed by atoms with E-state index in [2.05, 4.69) is 15.9 Å². The lowest BCUT2D eigenvalue weighted by molar-refractivity contribution is -0.198. The Morgan fingerprint density at radius 3 is 2.45 bits per heavy atom. The lowest BCUT2D eigenvalue weighted by Gasteiger charge is -2.30. The third-order valence-electron chi connectivity index (χ3n) is 2.95. The van der Waals surface area contributed by atoms with Crippen LogP contribution in [0.1, 0.15) is 32.8 Å². The van der Waals surface area contributed by atoms with Gasteiger partial charge in [0.25, 0.3) is 0 Å². The monoisotopic (exact) mass is 379 g/mol. The van der Waals surface area contributed by atoms with Gasteiger partial charge in [0.1, 0.15) is 0 Å².